The Labute approximate surface area is 173 Å². The van der Waals surface area contributed by atoms with E-state index in [1.54, 1.807) is 0 Å². The largest absolute Gasteiger partial charge is 0.373 e. The van der Waals surface area contributed by atoms with E-state index >= 15 is 0 Å². The van der Waals surface area contributed by atoms with Gasteiger partial charge in [0.15, 0.2) is 5.96 Å². The van der Waals surface area contributed by atoms with Crippen molar-refractivity contribution in [1.29, 1.82) is 0 Å². The number of aliphatic imine (C=N–C) groups is 1. The molecule has 0 radical (unpaired) electrons. The second-order valence-corrected chi connectivity index (χ2v) is 7.36. The molecule has 7 heteroatoms. The van der Waals surface area contributed by atoms with Gasteiger partial charge in [0.25, 0.3) is 0 Å². The van der Waals surface area contributed by atoms with E-state index in [1.165, 1.54) is 37.7 Å². The summed E-state index contributed by atoms with van der Waals surface area (Å²) < 4.78 is 5.92. The lowest BCUT2D eigenvalue weighted by atomic mass is 9.96. The van der Waals surface area contributed by atoms with Crippen molar-refractivity contribution in [2.75, 3.05) is 25.0 Å². The quantitative estimate of drug-likeness (QED) is 0.402. The highest BCUT2D eigenvalue weighted by molar-refractivity contribution is 14.0. The number of rotatable bonds is 4. The highest BCUT2D eigenvalue weighted by Gasteiger charge is 2.41. The number of aromatic nitrogens is 1. The number of piperidine rings is 1. The van der Waals surface area contributed by atoms with Gasteiger partial charge in [0.2, 0.25) is 0 Å². The second kappa shape index (κ2) is 9.21. The van der Waals surface area contributed by atoms with Gasteiger partial charge >= 0.3 is 0 Å². The van der Waals surface area contributed by atoms with Crippen LogP contribution in [0.2, 0.25) is 0 Å². The fourth-order valence-corrected chi connectivity index (χ4v) is 4.21. The van der Waals surface area contributed by atoms with Crippen molar-refractivity contribution < 1.29 is 4.74 Å². The Hall–Kier alpha value is -1.09. The summed E-state index contributed by atoms with van der Waals surface area (Å²) in [5, 5.41) is 6.97. The van der Waals surface area contributed by atoms with E-state index in [4.69, 9.17) is 4.74 Å². The summed E-state index contributed by atoms with van der Waals surface area (Å²) in [6, 6.07) is 4.67. The molecule has 3 saturated heterocycles. The first-order valence-electron chi connectivity index (χ1n) is 9.64. The highest BCUT2D eigenvalue weighted by atomic mass is 127. The standard InChI is InChI=1S/C19H29N5O.HI/c1-20-19(23-16-12-15-5-6-17(16)25-15)22-13-14-7-8-21-18(11-14)24-9-3-2-4-10-24;/h7-8,11,15-17H,2-6,9-10,12-13H2,1H3,(H2,20,22,23);1H. The first kappa shape index (κ1) is 19.7. The van der Waals surface area contributed by atoms with Crippen LogP contribution in [0.5, 0.6) is 0 Å². The first-order valence-corrected chi connectivity index (χ1v) is 9.64. The van der Waals surface area contributed by atoms with Crippen LogP contribution in [0.25, 0.3) is 0 Å². The van der Waals surface area contributed by atoms with Gasteiger partial charge in [-0.05, 0) is 56.2 Å². The van der Waals surface area contributed by atoms with Gasteiger partial charge in [-0.15, -0.1) is 24.0 Å². The van der Waals surface area contributed by atoms with Crippen molar-refractivity contribution >= 4 is 35.8 Å². The minimum atomic E-state index is 0. The molecule has 6 nitrogen and oxygen atoms in total. The Balaban J connectivity index is 0.00000196. The maximum Gasteiger partial charge on any atom is 0.191 e. The van der Waals surface area contributed by atoms with Crippen molar-refractivity contribution in [2.45, 2.75) is 63.3 Å². The monoisotopic (exact) mass is 471 g/mol. The van der Waals surface area contributed by atoms with Gasteiger partial charge in [-0.25, -0.2) is 4.98 Å². The third kappa shape index (κ3) is 4.60. The van der Waals surface area contributed by atoms with Crippen LogP contribution in [-0.4, -0.2) is 49.3 Å². The number of hydrogen-bond acceptors (Lipinski definition) is 4. The number of nitrogens with one attached hydrogen (secondary N) is 2. The van der Waals surface area contributed by atoms with Crippen LogP contribution in [0.4, 0.5) is 5.82 Å². The van der Waals surface area contributed by atoms with Crippen LogP contribution in [-0.2, 0) is 11.3 Å². The third-order valence-electron chi connectivity index (χ3n) is 5.60. The van der Waals surface area contributed by atoms with Crippen LogP contribution >= 0.6 is 24.0 Å². The zero-order valence-electron chi connectivity index (χ0n) is 15.5. The average Bonchev–Trinajstić information content (AvgIpc) is 3.29. The lowest BCUT2D eigenvalue weighted by Crippen LogP contribution is -2.47. The molecule has 0 aliphatic carbocycles. The number of ether oxygens (including phenoxy) is 1. The molecule has 3 fully saturated rings. The zero-order chi connectivity index (χ0) is 17.1. The van der Waals surface area contributed by atoms with Crippen molar-refractivity contribution in [3.63, 3.8) is 0 Å². The second-order valence-electron chi connectivity index (χ2n) is 7.36. The molecule has 4 rings (SSSR count). The van der Waals surface area contributed by atoms with Gasteiger partial charge in [0.1, 0.15) is 5.82 Å². The van der Waals surface area contributed by atoms with Gasteiger partial charge in [-0.1, -0.05) is 0 Å². The van der Waals surface area contributed by atoms with Gasteiger partial charge in [-0.2, -0.15) is 0 Å². The van der Waals surface area contributed by atoms with Crippen molar-refractivity contribution in [3.8, 4) is 0 Å². The minimum Gasteiger partial charge on any atom is -0.373 e. The van der Waals surface area contributed by atoms with E-state index in [0.717, 1.165) is 37.8 Å². The minimum absolute atomic E-state index is 0. The maximum absolute atomic E-state index is 5.92. The third-order valence-corrected chi connectivity index (χ3v) is 5.60. The Morgan fingerprint density at radius 1 is 1.31 bits per heavy atom. The molecular formula is C19H30IN5O. The van der Waals surface area contributed by atoms with Gasteiger partial charge in [0.05, 0.1) is 18.2 Å². The molecule has 0 amide bonds. The number of anilines is 1. The average molecular weight is 471 g/mol. The summed E-state index contributed by atoms with van der Waals surface area (Å²) in [6.45, 7) is 3.00. The van der Waals surface area contributed by atoms with Crippen LogP contribution < -0.4 is 15.5 Å². The van der Waals surface area contributed by atoms with E-state index in [2.05, 4.69) is 37.6 Å². The van der Waals surface area contributed by atoms with Crippen LogP contribution in [0, 0.1) is 0 Å². The van der Waals surface area contributed by atoms with Crippen molar-refractivity contribution in [2.24, 2.45) is 4.99 Å². The Morgan fingerprint density at radius 3 is 2.85 bits per heavy atom. The summed E-state index contributed by atoms with van der Waals surface area (Å²) in [4.78, 5) is 11.3. The molecule has 26 heavy (non-hydrogen) atoms. The van der Waals surface area contributed by atoms with Gasteiger partial charge in [0, 0.05) is 32.9 Å². The van der Waals surface area contributed by atoms with Gasteiger partial charge < -0.3 is 20.3 Å². The molecule has 4 heterocycles. The summed E-state index contributed by atoms with van der Waals surface area (Å²) in [6.07, 6.45) is 10.1. The first-order chi connectivity index (χ1) is 12.3. The molecule has 1 aromatic rings. The Bertz CT molecular complexity index is 620. The normalized spacial score (nSPS) is 28.0. The Kier molecular flexibility index (Phi) is 6.97. The predicted octanol–water partition coefficient (Wildman–Crippen LogP) is 2.67. The van der Waals surface area contributed by atoms with E-state index in [0.29, 0.717) is 18.2 Å². The summed E-state index contributed by atoms with van der Waals surface area (Å²) in [5.41, 5.74) is 1.24. The SMILES string of the molecule is CN=C(NCc1ccnc(N2CCCCC2)c1)NC1CC2CCC1O2.I. The molecule has 0 saturated carbocycles. The molecule has 3 aliphatic rings. The number of nitrogens with zero attached hydrogens (tertiary/aromatic N) is 3. The molecular weight excluding hydrogens is 441 g/mol. The molecule has 2 N–H and O–H groups in total. The number of hydrogen-bond donors (Lipinski definition) is 2. The summed E-state index contributed by atoms with van der Waals surface area (Å²) in [5.74, 6) is 1.96. The number of fused-ring (bicyclic) bond motifs is 2. The lowest BCUT2D eigenvalue weighted by Gasteiger charge is -2.28. The number of pyridine rings is 1. The van der Waals surface area contributed by atoms with E-state index < -0.39 is 0 Å². The number of halogens is 1. The van der Waals surface area contributed by atoms with Crippen LogP contribution in [0.1, 0.15) is 44.1 Å². The number of guanidine groups is 1. The fraction of sp³-hybridized carbons (Fsp3) is 0.684. The predicted molar refractivity (Wildman–Crippen MR) is 115 cm³/mol. The van der Waals surface area contributed by atoms with Crippen molar-refractivity contribution in [1.82, 2.24) is 15.6 Å². The molecule has 2 bridgehead atoms. The van der Waals surface area contributed by atoms with Crippen molar-refractivity contribution in [3.05, 3.63) is 23.9 Å². The van der Waals surface area contributed by atoms with E-state index in [9.17, 15) is 0 Å². The molecule has 0 aromatic carbocycles. The lowest BCUT2D eigenvalue weighted by molar-refractivity contribution is 0.0992. The topological polar surface area (TPSA) is 61.8 Å². The summed E-state index contributed by atoms with van der Waals surface area (Å²) in [7, 11) is 1.83. The molecule has 3 unspecified atom stereocenters. The summed E-state index contributed by atoms with van der Waals surface area (Å²) >= 11 is 0. The molecule has 144 valence electrons. The molecule has 1 aromatic heterocycles. The van der Waals surface area contributed by atoms with E-state index in [1.807, 2.05) is 13.2 Å². The van der Waals surface area contributed by atoms with Crippen LogP contribution in [0.3, 0.4) is 0 Å². The van der Waals surface area contributed by atoms with Gasteiger partial charge in [-0.3, -0.25) is 4.99 Å². The molecule has 3 aliphatic heterocycles. The molecule has 3 atom stereocenters. The van der Waals surface area contributed by atoms with E-state index in [-0.39, 0.29) is 24.0 Å². The van der Waals surface area contributed by atoms with Crippen LogP contribution in [0.15, 0.2) is 23.3 Å². The zero-order valence-corrected chi connectivity index (χ0v) is 17.8. The highest BCUT2D eigenvalue weighted by Crippen LogP contribution is 2.34. The fourth-order valence-electron chi connectivity index (χ4n) is 4.21. The smallest absolute Gasteiger partial charge is 0.191 e. The maximum atomic E-state index is 5.92. The molecule has 0 spiro atoms. The Morgan fingerprint density at radius 2 is 2.15 bits per heavy atom.